The number of halogens is 3. The first-order chi connectivity index (χ1) is 14.6. The van der Waals surface area contributed by atoms with E-state index >= 15 is 0 Å². The maximum atomic E-state index is 12.7. The highest BCUT2D eigenvalue weighted by Gasteiger charge is 2.57. The maximum Gasteiger partial charge on any atom is 0.352 e. The molecule has 0 spiro atoms. The van der Waals surface area contributed by atoms with Gasteiger partial charge in [-0.15, -0.1) is 11.8 Å². The molecule has 1 fully saturated rings. The molecule has 2 aliphatic heterocycles. The molecule has 1 saturated heterocycles. The summed E-state index contributed by atoms with van der Waals surface area (Å²) in [5.74, 6) is -2.50. The Morgan fingerprint density at radius 2 is 1.97 bits per heavy atom. The molecule has 1 unspecified atom stereocenters. The molecule has 2 amide bonds. The zero-order valence-electron chi connectivity index (χ0n) is 15.6. The van der Waals surface area contributed by atoms with Gasteiger partial charge in [-0.2, -0.15) is 0 Å². The summed E-state index contributed by atoms with van der Waals surface area (Å²) >= 11 is 18.0. The molecule has 0 saturated carbocycles. The molecule has 31 heavy (non-hydrogen) atoms. The number of aliphatic carboxylic acids is 1. The second kappa shape index (κ2) is 9.66. The smallest absolute Gasteiger partial charge is 0.352 e. The minimum atomic E-state index is -1.81. The monoisotopic (exact) mass is 508 g/mol. The Kier molecular flexibility index (Phi) is 7.38. The minimum Gasteiger partial charge on any atom is -0.477 e. The fourth-order valence-corrected chi connectivity index (χ4v) is 4.53. The summed E-state index contributed by atoms with van der Waals surface area (Å²) in [6.45, 7) is -0.787. The number of hydrogen-bond donors (Lipinski definition) is 1. The fraction of sp³-hybridized carbons (Fsp3) is 0.333. The van der Waals surface area contributed by atoms with Gasteiger partial charge in [-0.1, -0.05) is 53.0 Å². The van der Waals surface area contributed by atoms with Crippen molar-refractivity contribution in [3.05, 3.63) is 47.2 Å². The predicted octanol–water partition coefficient (Wildman–Crippen LogP) is 2.23. The quantitative estimate of drug-likeness (QED) is 0.187. The van der Waals surface area contributed by atoms with Gasteiger partial charge in [0.15, 0.2) is 6.04 Å². The van der Waals surface area contributed by atoms with Crippen LogP contribution in [0.25, 0.3) is 0 Å². The number of carboxylic acid groups (broad SMARTS) is 1. The molecule has 0 radical (unpaired) electrons. The van der Waals surface area contributed by atoms with E-state index in [4.69, 9.17) is 44.4 Å². The van der Waals surface area contributed by atoms with Crippen molar-refractivity contribution in [2.75, 3.05) is 19.0 Å². The van der Waals surface area contributed by atoms with Crippen LogP contribution in [0.1, 0.15) is 10.4 Å². The molecule has 0 bridgehead atoms. The Labute approximate surface area is 195 Å². The molecular weight excluding hydrogens is 495 g/mol. The lowest BCUT2D eigenvalue weighted by molar-refractivity contribution is -0.208. The van der Waals surface area contributed by atoms with Gasteiger partial charge in [-0.3, -0.25) is 19.3 Å². The molecule has 166 valence electrons. The number of thioether (sulfide) groups is 1. The van der Waals surface area contributed by atoms with Crippen LogP contribution in [0, 0.1) is 0 Å². The number of hydrogen-bond acceptors (Lipinski definition) is 7. The highest BCUT2D eigenvalue weighted by molar-refractivity contribution is 8.00. The third-order valence-electron chi connectivity index (χ3n) is 4.36. The Bertz CT molecular complexity index is 922. The number of benzene rings is 1. The van der Waals surface area contributed by atoms with Crippen LogP contribution in [0.3, 0.4) is 0 Å². The number of rotatable bonds is 8. The summed E-state index contributed by atoms with van der Waals surface area (Å²) < 4.78 is 3.41. The number of carbonyl (C=O) groups excluding carboxylic acids is 3. The first-order valence-corrected chi connectivity index (χ1v) is 10.9. The van der Waals surface area contributed by atoms with E-state index in [0.717, 1.165) is 4.90 Å². The highest BCUT2D eigenvalue weighted by Crippen LogP contribution is 2.42. The first-order valence-electron chi connectivity index (χ1n) is 8.69. The molecule has 9 nitrogen and oxygen atoms in total. The molecule has 0 aromatic heterocycles. The number of amides is 2. The Morgan fingerprint density at radius 3 is 2.55 bits per heavy atom. The number of nitrogens with zero attached hydrogens (tertiary/aromatic N) is 2. The van der Waals surface area contributed by atoms with Crippen LogP contribution in [0.2, 0.25) is 0 Å². The van der Waals surface area contributed by atoms with Crippen molar-refractivity contribution in [1.29, 1.82) is 0 Å². The average Bonchev–Trinajstić information content (AvgIpc) is 2.73. The van der Waals surface area contributed by atoms with Gasteiger partial charge in [0.05, 0.1) is 5.56 Å². The van der Waals surface area contributed by atoms with Gasteiger partial charge in [0.2, 0.25) is 10.2 Å². The number of carbonyl (C=O) groups is 4. The van der Waals surface area contributed by atoms with Crippen molar-refractivity contribution >= 4 is 70.8 Å². The third-order valence-corrected chi connectivity index (χ3v) is 6.02. The number of esters is 1. The Balaban J connectivity index is 1.73. The lowest BCUT2D eigenvalue weighted by Gasteiger charge is -2.51. The van der Waals surface area contributed by atoms with Crippen LogP contribution in [0.5, 0.6) is 0 Å². The molecule has 3 rings (SSSR count). The van der Waals surface area contributed by atoms with Crippen molar-refractivity contribution in [1.82, 2.24) is 9.96 Å². The van der Waals surface area contributed by atoms with E-state index in [1.807, 2.05) is 0 Å². The predicted molar refractivity (Wildman–Crippen MR) is 112 cm³/mol. The molecule has 1 aromatic rings. The molecule has 13 heteroatoms. The standard InChI is InChI=1S/C18H15Cl3N2O7S/c19-18(20,21)8-30-22(9-24)13-14(25)23-12(16(26)27)11(7-31-15(13)23)6-29-17(28)10-4-2-1-3-5-10/h1-5,9,13,15H,6-8H2,(H,26,27)/t13?,15-/m1/s1. The van der Waals surface area contributed by atoms with Gasteiger partial charge in [-0.25, -0.2) is 14.7 Å². The van der Waals surface area contributed by atoms with E-state index in [0.29, 0.717) is 10.6 Å². The molecule has 2 aliphatic rings. The van der Waals surface area contributed by atoms with Crippen molar-refractivity contribution in [2.45, 2.75) is 15.2 Å². The summed E-state index contributed by atoms with van der Waals surface area (Å²) in [5, 5.41) is 9.65. The van der Waals surface area contributed by atoms with Crippen LogP contribution in [-0.2, 0) is 24.0 Å². The zero-order chi connectivity index (χ0) is 22.8. The summed E-state index contributed by atoms with van der Waals surface area (Å²) in [6.07, 6.45) is 0.262. The van der Waals surface area contributed by atoms with Gasteiger partial charge in [-0.05, 0) is 12.1 Å². The van der Waals surface area contributed by atoms with E-state index < -0.39 is 39.7 Å². The summed E-state index contributed by atoms with van der Waals surface area (Å²) in [7, 11) is 0. The largest absolute Gasteiger partial charge is 0.477 e. The fourth-order valence-electron chi connectivity index (χ4n) is 3.01. The second-order valence-corrected chi connectivity index (χ2v) is 10.0. The van der Waals surface area contributed by atoms with Crippen LogP contribution in [-0.4, -0.2) is 73.5 Å². The zero-order valence-corrected chi connectivity index (χ0v) is 18.7. The minimum absolute atomic E-state index is 0.159. The molecular formula is C18H15Cl3N2O7S. The van der Waals surface area contributed by atoms with Crippen LogP contribution in [0.15, 0.2) is 41.6 Å². The first kappa shape index (κ1) is 23.7. The van der Waals surface area contributed by atoms with Crippen LogP contribution < -0.4 is 0 Å². The van der Waals surface area contributed by atoms with Crippen LogP contribution in [0.4, 0.5) is 0 Å². The van der Waals surface area contributed by atoms with Gasteiger partial charge >= 0.3 is 11.9 Å². The Hall–Kier alpha value is -1.98. The SMILES string of the molecule is O=CN(OCC(Cl)(Cl)Cl)C1C(=O)N2C(C(=O)O)=C(COC(=O)c3ccccc3)CS[C@H]12. The normalized spacial score (nSPS) is 20.6. The number of β-lactam (4-membered cyclic amide) rings is 1. The molecule has 0 aliphatic carbocycles. The second-order valence-electron chi connectivity index (χ2n) is 6.41. The number of carboxylic acids is 1. The van der Waals surface area contributed by atoms with E-state index in [1.165, 1.54) is 11.8 Å². The molecule has 2 atom stereocenters. The van der Waals surface area contributed by atoms with Crippen molar-refractivity contribution in [3.63, 3.8) is 0 Å². The van der Waals surface area contributed by atoms with E-state index in [2.05, 4.69) is 0 Å². The molecule has 1 aromatic carbocycles. The summed E-state index contributed by atoms with van der Waals surface area (Å²) in [5.41, 5.74) is 0.275. The average molecular weight is 510 g/mol. The Morgan fingerprint density at radius 1 is 1.29 bits per heavy atom. The van der Waals surface area contributed by atoms with Gasteiger partial charge in [0, 0.05) is 11.3 Å². The van der Waals surface area contributed by atoms with Crippen molar-refractivity contribution in [2.24, 2.45) is 0 Å². The van der Waals surface area contributed by atoms with Gasteiger partial charge in [0.25, 0.3) is 5.91 Å². The topological polar surface area (TPSA) is 113 Å². The summed E-state index contributed by atoms with van der Waals surface area (Å²) in [4.78, 5) is 54.2. The van der Waals surface area contributed by atoms with Crippen molar-refractivity contribution < 1.29 is 33.9 Å². The van der Waals surface area contributed by atoms with E-state index in [1.54, 1.807) is 30.3 Å². The maximum absolute atomic E-state index is 12.7. The summed E-state index contributed by atoms with van der Waals surface area (Å²) in [6, 6.07) is 7.12. The lowest BCUT2D eigenvalue weighted by Crippen LogP contribution is -2.70. The van der Waals surface area contributed by atoms with Gasteiger partial charge < -0.3 is 9.84 Å². The van der Waals surface area contributed by atoms with Crippen molar-refractivity contribution in [3.8, 4) is 0 Å². The van der Waals surface area contributed by atoms with E-state index in [-0.39, 0.29) is 30.0 Å². The molecule has 2 heterocycles. The third kappa shape index (κ3) is 5.27. The number of hydroxylamine groups is 2. The number of fused-ring (bicyclic) bond motifs is 1. The lowest BCUT2D eigenvalue weighted by atomic mass is 10.0. The van der Waals surface area contributed by atoms with Gasteiger partial charge in [0.1, 0.15) is 24.3 Å². The van der Waals surface area contributed by atoms with E-state index in [9.17, 15) is 24.3 Å². The van der Waals surface area contributed by atoms with Crippen LogP contribution >= 0.6 is 46.6 Å². The highest BCUT2D eigenvalue weighted by atomic mass is 35.6. The number of alkyl halides is 3. The number of ether oxygens (including phenoxy) is 1. The molecule has 1 N–H and O–H groups in total.